The maximum absolute atomic E-state index is 6.13. The van der Waals surface area contributed by atoms with Crippen molar-refractivity contribution in [2.24, 2.45) is 5.73 Å². The van der Waals surface area contributed by atoms with Gasteiger partial charge in [-0.25, -0.2) is 0 Å². The molecule has 1 aromatic carbocycles. The molecule has 0 saturated heterocycles. The van der Waals surface area contributed by atoms with Crippen molar-refractivity contribution in [3.8, 4) is 5.75 Å². The van der Waals surface area contributed by atoms with E-state index < -0.39 is 0 Å². The zero-order valence-corrected chi connectivity index (χ0v) is 10.8. The van der Waals surface area contributed by atoms with Crippen LogP contribution < -0.4 is 15.8 Å². The predicted octanol–water partition coefficient (Wildman–Crippen LogP) is 3.03. The first-order valence-electron chi connectivity index (χ1n) is 6.15. The zero-order valence-electron chi connectivity index (χ0n) is 10.1. The second-order valence-electron chi connectivity index (χ2n) is 4.42. The second-order valence-corrected chi connectivity index (χ2v) is 4.83. The Morgan fingerprint density at radius 2 is 2.29 bits per heavy atom. The molecule has 1 aromatic rings. The molecule has 0 bridgehead atoms. The molecule has 0 heterocycles. The number of hydrogen-bond donors (Lipinski definition) is 2. The summed E-state index contributed by atoms with van der Waals surface area (Å²) in [5, 5.41) is 4.08. The van der Waals surface area contributed by atoms with Crippen molar-refractivity contribution in [3.63, 3.8) is 0 Å². The molecule has 1 fully saturated rings. The summed E-state index contributed by atoms with van der Waals surface area (Å²) in [5.41, 5.74) is 7.04. The maximum Gasteiger partial charge on any atom is 0.138 e. The smallest absolute Gasteiger partial charge is 0.138 e. The molecular weight excluding hydrogens is 236 g/mol. The van der Waals surface area contributed by atoms with Crippen LogP contribution in [0.1, 0.15) is 26.2 Å². The number of nitrogens with two attached hydrogens (primary N) is 1. The van der Waals surface area contributed by atoms with E-state index >= 15 is 0 Å². The highest BCUT2D eigenvalue weighted by Gasteiger charge is 2.23. The van der Waals surface area contributed by atoms with Gasteiger partial charge in [0.05, 0.1) is 11.6 Å². The van der Waals surface area contributed by atoms with Crippen molar-refractivity contribution in [1.82, 2.24) is 0 Å². The average Bonchev–Trinajstić information content (AvgIpc) is 2.69. The third kappa shape index (κ3) is 3.05. The number of ether oxygens (including phenoxy) is 1. The van der Waals surface area contributed by atoms with Crippen molar-refractivity contribution < 1.29 is 4.74 Å². The van der Waals surface area contributed by atoms with E-state index in [2.05, 4.69) is 5.32 Å². The van der Waals surface area contributed by atoms with Gasteiger partial charge in [-0.2, -0.15) is 0 Å². The Labute approximate surface area is 107 Å². The fraction of sp³-hybridized carbons (Fsp3) is 0.538. The highest BCUT2D eigenvalue weighted by Crippen LogP contribution is 2.29. The maximum atomic E-state index is 6.13. The van der Waals surface area contributed by atoms with Crippen LogP contribution in [0.25, 0.3) is 0 Å². The van der Waals surface area contributed by atoms with Gasteiger partial charge in [0, 0.05) is 17.8 Å². The fourth-order valence-electron chi connectivity index (χ4n) is 2.25. The van der Waals surface area contributed by atoms with E-state index in [1.807, 2.05) is 25.1 Å². The van der Waals surface area contributed by atoms with Crippen LogP contribution in [0.4, 0.5) is 5.69 Å². The van der Waals surface area contributed by atoms with Gasteiger partial charge >= 0.3 is 0 Å². The van der Waals surface area contributed by atoms with Crippen LogP contribution in [-0.4, -0.2) is 18.7 Å². The monoisotopic (exact) mass is 254 g/mol. The number of anilines is 1. The van der Waals surface area contributed by atoms with E-state index in [-0.39, 0.29) is 6.04 Å². The Hall–Kier alpha value is -0.930. The quantitative estimate of drug-likeness (QED) is 0.868. The Morgan fingerprint density at radius 1 is 1.47 bits per heavy atom. The van der Waals surface area contributed by atoms with Crippen molar-refractivity contribution >= 4 is 17.3 Å². The number of hydrogen-bond acceptors (Lipinski definition) is 3. The van der Waals surface area contributed by atoms with Crippen molar-refractivity contribution in [3.05, 3.63) is 23.2 Å². The first-order chi connectivity index (χ1) is 8.20. The Morgan fingerprint density at radius 3 is 2.88 bits per heavy atom. The highest BCUT2D eigenvalue weighted by atomic mass is 35.5. The molecule has 94 valence electrons. The molecule has 1 aliphatic carbocycles. The second kappa shape index (κ2) is 5.61. The lowest BCUT2D eigenvalue weighted by Crippen LogP contribution is -2.35. The first kappa shape index (κ1) is 12.5. The molecule has 0 spiro atoms. The highest BCUT2D eigenvalue weighted by molar-refractivity contribution is 6.32. The number of nitrogens with one attached hydrogen (secondary N) is 1. The predicted molar refractivity (Wildman–Crippen MR) is 71.9 cm³/mol. The van der Waals surface area contributed by atoms with Crippen LogP contribution in [0, 0.1) is 0 Å². The van der Waals surface area contributed by atoms with Gasteiger partial charge in [-0.1, -0.05) is 11.6 Å². The van der Waals surface area contributed by atoms with E-state index in [1.54, 1.807) is 0 Å². The molecule has 2 atom stereocenters. The summed E-state index contributed by atoms with van der Waals surface area (Å²) >= 11 is 6.13. The van der Waals surface area contributed by atoms with Gasteiger partial charge in [0.2, 0.25) is 0 Å². The third-order valence-corrected chi connectivity index (χ3v) is 3.45. The van der Waals surface area contributed by atoms with Gasteiger partial charge < -0.3 is 15.8 Å². The molecule has 1 aliphatic rings. The number of benzene rings is 1. The Bertz CT molecular complexity index is 384. The summed E-state index contributed by atoms with van der Waals surface area (Å²) < 4.78 is 5.40. The lowest BCUT2D eigenvalue weighted by atomic mass is 10.1. The lowest BCUT2D eigenvalue weighted by Gasteiger charge is -2.19. The Balaban J connectivity index is 2.04. The van der Waals surface area contributed by atoms with Gasteiger partial charge in [0.1, 0.15) is 5.75 Å². The van der Waals surface area contributed by atoms with Crippen molar-refractivity contribution in [2.75, 3.05) is 11.9 Å². The summed E-state index contributed by atoms with van der Waals surface area (Å²) in [6, 6.07) is 6.40. The van der Waals surface area contributed by atoms with Crippen LogP contribution in [0.5, 0.6) is 5.75 Å². The van der Waals surface area contributed by atoms with Gasteiger partial charge in [-0.3, -0.25) is 0 Å². The van der Waals surface area contributed by atoms with E-state index in [1.165, 1.54) is 6.42 Å². The summed E-state index contributed by atoms with van der Waals surface area (Å²) in [4.78, 5) is 0. The van der Waals surface area contributed by atoms with Crippen LogP contribution in [0.15, 0.2) is 18.2 Å². The average molecular weight is 255 g/mol. The van der Waals surface area contributed by atoms with E-state index in [0.29, 0.717) is 17.7 Å². The minimum Gasteiger partial charge on any atom is -0.492 e. The molecule has 2 rings (SSSR count). The summed E-state index contributed by atoms with van der Waals surface area (Å²) in [6.45, 7) is 2.57. The van der Waals surface area contributed by atoms with Gasteiger partial charge in [-0.15, -0.1) is 0 Å². The topological polar surface area (TPSA) is 47.3 Å². The molecule has 3 N–H and O–H groups in total. The van der Waals surface area contributed by atoms with Gasteiger partial charge in [0.25, 0.3) is 0 Å². The summed E-state index contributed by atoms with van der Waals surface area (Å²) in [7, 11) is 0. The van der Waals surface area contributed by atoms with Crippen LogP contribution in [0.2, 0.25) is 5.02 Å². The Kier molecular flexibility index (Phi) is 4.13. The van der Waals surface area contributed by atoms with Crippen LogP contribution in [0.3, 0.4) is 0 Å². The summed E-state index contributed by atoms with van der Waals surface area (Å²) in [5.74, 6) is 0.732. The molecule has 4 heteroatoms. The molecule has 0 aliphatic heterocycles. The molecule has 2 unspecified atom stereocenters. The van der Waals surface area contributed by atoms with E-state index in [9.17, 15) is 0 Å². The molecule has 0 aromatic heterocycles. The molecule has 1 saturated carbocycles. The van der Waals surface area contributed by atoms with Crippen LogP contribution in [-0.2, 0) is 0 Å². The molecule has 17 heavy (non-hydrogen) atoms. The van der Waals surface area contributed by atoms with Crippen molar-refractivity contribution in [2.45, 2.75) is 38.3 Å². The van der Waals surface area contributed by atoms with Gasteiger partial charge in [0.15, 0.2) is 0 Å². The van der Waals surface area contributed by atoms with Crippen LogP contribution >= 0.6 is 11.6 Å². The molecule has 3 nitrogen and oxygen atoms in total. The minimum atomic E-state index is 0.250. The van der Waals surface area contributed by atoms with Gasteiger partial charge in [-0.05, 0) is 44.4 Å². The lowest BCUT2D eigenvalue weighted by molar-refractivity contribution is 0.340. The standard InChI is InChI=1S/C13H19ClN2O/c1-2-17-13-7-6-9(8-10(13)14)16-12-5-3-4-11(12)15/h6-8,11-12,16H,2-5,15H2,1H3. The van der Waals surface area contributed by atoms with E-state index in [4.69, 9.17) is 22.1 Å². The molecule has 0 amide bonds. The van der Waals surface area contributed by atoms with E-state index in [0.717, 1.165) is 24.3 Å². The first-order valence-corrected chi connectivity index (χ1v) is 6.53. The minimum absolute atomic E-state index is 0.250. The number of rotatable bonds is 4. The third-order valence-electron chi connectivity index (χ3n) is 3.15. The molecule has 0 radical (unpaired) electrons. The number of halogens is 1. The summed E-state index contributed by atoms with van der Waals surface area (Å²) in [6.07, 6.45) is 3.43. The molecular formula is C13H19ClN2O. The SMILES string of the molecule is CCOc1ccc(NC2CCCC2N)cc1Cl. The fourth-order valence-corrected chi connectivity index (χ4v) is 2.48. The largest absolute Gasteiger partial charge is 0.492 e. The zero-order chi connectivity index (χ0) is 12.3. The normalized spacial score (nSPS) is 23.7. The van der Waals surface area contributed by atoms with Crippen molar-refractivity contribution in [1.29, 1.82) is 0 Å².